The average molecular weight is 486 g/mol. The van der Waals surface area contributed by atoms with E-state index in [0.29, 0.717) is 35.1 Å². The third-order valence-electron chi connectivity index (χ3n) is 4.97. The zero-order valence-corrected chi connectivity index (χ0v) is 19.8. The number of benzene rings is 3. The topological polar surface area (TPSA) is 95.6 Å². The second-order valence-electron chi connectivity index (χ2n) is 7.08. The van der Waals surface area contributed by atoms with Gasteiger partial charge in [-0.05, 0) is 54.6 Å². The molecule has 3 rings (SSSR count). The molecule has 172 valence electrons. The summed E-state index contributed by atoms with van der Waals surface area (Å²) >= 11 is 5.87. The maximum atomic E-state index is 12.9. The standard InChI is InChI=1S/C24H24ClN3O4S/c1-3-28(4-2)33(31,32)20-9-7-8-18(16-20)24(30)27-22-11-6-5-10-21(22)26-23(29)17-12-14-19(25)15-13-17/h5-16H,3-4H2,1-2H3,(H,26,29)(H,27,30). The second-order valence-corrected chi connectivity index (χ2v) is 9.45. The maximum Gasteiger partial charge on any atom is 0.255 e. The molecular formula is C24H24ClN3O4S. The zero-order chi connectivity index (χ0) is 24.0. The van der Waals surface area contributed by atoms with Crippen molar-refractivity contribution in [1.29, 1.82) is 0 Å². The predicted octanol–water partition coefficient (Wildman–Crippen LogP) is 4.88. The molecular weight excluding hydrogens is 462 g/mol. The molecule has 0 aliphatic carbocycles. The number of amides is 2. The lowest BCUT2D eigenvalue weighted by atomic mass is 10.2. The highest BCUT2D eigenvalue weighted by molar-refractivity contribution is 7.89. The number of halogens is 1. The third-order valence-corrected chi connectivity index (χ3v) is 7.27. The number of hydrogen-bond donors (Lipinski definition) is 2. The summed E-state index contributed by atoms with van der Waals surface area (Å²) in [5.41, 5.74) is 1.37. The van der Waals surface area contributed by atoms with E-state index < -0.39 is 15.9 Å². The Morgan fingerprint density at radius 1 is 0.788 bits per heavy atom. The average Bonchev–Trinajstić information content (AvgIpc) is 2.81. The van der Waals surface area contributed by atoms with Gasteiger partial charge in [-0.15, -0.1) is 0 Å². The van der Waals surface area contributed by atoms with E-state index in [1.54, 1.807) is 62.4 Å². The van der Waals surface area contributed by atoms with E-state index in [9.17, 15) is 18.0 Å². The first-order valence-corrected chi connectivity index (χ1v) is 12.2. The van der Waals surface area contributed by atoms with E-state index in [-0.39, 0.29) is 16.4 Å². The van der Waals surface area contributed by atoms with Crippen LogP contribution in [0.25, 0.3) is 0 Å². The van der Waals surface area contributed by atoms with Gasteiger partial charge in [0.15, 0.2) is 0 Å². The normalized spacial score (nSPS) is 11.3. The monoisotopic (exact) mass is 485 g/mol. The highest BCUT2D eigenvalue weighted by Gasteiger charge is 2.22. The van der Waals surface area contributed by atoms with Crippen molar-refractivity contribution in [3.8, 4) is 0 Å². The lowest BCUT2D eigenvalue weighted by Crippen LogP contribution is -2.30. The third kappa shape index (κ3) is 5.78. The molecule has 33 heavy (non-hydrogen) atoms. The van der Waals surface area contributed by atoms with E-state index >= 15 is 0 Å². The minimum Gasteiger partial charge on any atom is -0.320 e. The molecule has 0 spiro atoms. The fourth-order valence-corrected chi connectivity index (χ4v) is 4.83. The zero-order valence-electron chi connectivity index (χ0n) is 18.2. The van der Waals surface area contributed by atoms with Gasteiger partial charge in [0.2, 0.25) is 10.0 Å². The van der Waals surface area contributed by atoms with Gasteiger partial charge in [-0.25, -0.2) is 8.42 Å². The Bertz CT molecular complexity index is 1260. The smallest absolute Gasteiger partial charge is 0.255 e. The van der Waals surface area contributed by atoms with Gasteiger partial charge < -0.3 is 10.6 Å². The molecule has 2 N–H and O–H groups in total. The van der Waals surface area contributed by atoms with Crippen LogP contribution >= 0.6 is 11.6 Å². The van der Waals surface area contributed by atoms with Crippen molar-refractivity contribution in [1.82, 2.24) is 4.31 Å². The van der Waals surface area contributed by atoms with Crippen molar-refractivity contribution >= 4 is 44.8 Å². The Kier molecular flexibility index (Phi) is 7.86. The quantitative estimate of drug-likeness (QED) is 0.475. The lowest BCUT2D eigenvalue weighted by Gasteiger charge is -2.18. The molecule has 9 heteroatoms. The van der Waals surface area contributed by atoms with E-state index in [1.807, 2.05) is 0 Å². The molecule has 0 aromatic heterocycles. The fraction of sp³-hybridized carbons (Fsp3) is 0.167. The van der Waals surface area contributed by atoms with Crippen molar-refractivity contribution < 1.29 is 18.0 Å². The number of hydrogen-bond acceptors (Lipinski definition) is 4. The summed E-state index contributed by atoms with van der Waals surface area (Å²) in [5.74, 6) is -0.861. The molecule has 0 aliphatic rings. The second kappa shape index (κ2) is 10.6. The van der Waals surface area contributed by atoms with Crippen molar-refractivity contribution in [3.63, 3.8) is 0 Å². The van der Waals surface area contributed by atoms with Gasteiger partial charge in [0.1, 0.15) is 0 Å². The van der Waals surface area contributed by atoms with E-state index in [4.69, 9.17) is 11.6 Å². The number of nitrogens with zero attached hydrogens (tertiary/aromatic N) is 1. The van der Waals surface area contributed by atoms with Gasteiger partial charge in [-0.3, -0.25) is 9.59 Å². The SMILES string of the molecule is CCN(CC)S(=O)(=O)c1cccc(C(=O)Nc2ccccc2NC(=O)c2ccc(Cl)cc2)c1. The molecule has 0 heterocycles. The Morgan fingerprint density at radius 3 is 1.88 bits per heavy atom. The summed E-state index contributed by atoms with van der Waals surface area (Å²) in [6, 6.07) is 19.0. The molecule has 0 saturated carbocycles. The molecule has 0 radical (unpaired) electrons. The summed E-state index contributed by atoms with van der Waals surface area (Å²) in [6.45, 7) is 4.17. The summed E-state index contributed by atoms with van der Waals surface area (Å²) < 4.78 is 26.9. The molecule has 3 aromatic rings. The Labute approximate surface area is 198 Å². The van der Waals surface area contributed by atoms with Gasteiger partial charge in [0, 0.05) is 29.2 Å². The largest absolute Gasteiger partial charge is 0.320 e. The van der Waals surface area contributed by atoms with Crippen molar-refractivity contribution in [3.05, 3.63) is 88.9 Å². The molecule has 0 fully saturated rings. The minimum absolute atomic E-state index is 0.0446. The summed E-state index contributed by atoms with van der Waals surface area (Å²) in [4.78, 5) is 25.5. The number of para-hydroxylation sites is 2. The Morgan fingerprint density at radius 2 is 1.33 bits per heavy atom. The van der Waals surface area contributed by atoms with Gasteiger partial charge >= 0.3 is 0 Å². The molecule has 3 aromatic carbocycles. The fourth-order valence-electron chi connectivity index (χ4n) is 3.20. The van der Waals surface area contributed by atoms with Crippen molar-refractivity contribution in [2.45, 2.75) is 18.7 Å². The Balaban J connectivity index is 1.82. The van der Waals surface area contributed by atoms with Gasteiger partial charge in [0.05, 0.1) is 16.3 Å². The number of carbonyl (C=O) groups excluding carboxylic acids is 2. The number of carbonyl (C=O) groups is 2. The summed E-state index contributed by atoms with van der Waals surface area (Å²) in [7, 11) is -3.70. The highest BCUT2D eigenvalue weighted by Crippen LogP contribution is 2.24. The van der Waals surface area contributed by atoms with E-state index in [0.717, 1.165) is 0 Å². The van der Waals surface area contributed by atoms with Crippen LogP contribution in [-0.4, -0.2) is 37.6 Å². The first kappa shape index (κ1) is 24.4. The van der Waals surface area contributed by atoms with Crippen LogP contribution in [-0.2, 0) is 10.0 Å². The molecule has 0 saturated heterocycles. The van der Waals surface area contributed by atoms with Crippen LogP contribution < -0.4 is 10.6 Å². The van der Waals surface area contributed by atoms with Crippen LogP contribution in [0.15, 0.2) is 77.7 Å². The van der Waals surface area contributed by atoms with Crippen LogP contribution in [0.3, 0.4) is 0 Å². The van der Waals surface area contributed by atoms with Crippen LogP contribution in [0.5, 0.6) is 0 Å². The first-order chi connectivity index (χ1) is 15.8. The minimum atomic E-state index is -3.70. The van der Waals surface area contributed by atoms with Crippen LogP contribution in [0, 0.1) is 0 Å². The maximum absolute atomic E-state index is 12.9. The van der Waals surface area contributed by atoms with E-state index in [2.05, 4.69) is 10.6 Å². The Hall–Kier alpha value is -3.20. The highest BCUT2D eigenvalue weighted by atomic mass is 35.5. The van der Waals surface area contributed by atoms with Gasteiger partial charge in [-0.2, -0.15) is 4.31 Å². The molecule has 0 unspecified atom stereocenters. The van der Waals surface area contributed by atoms with Crippen molar-refractivity contribution in [2.75, 3.05) is 23.7 Å². The van der Waals surface area contributed by atoms with E-state index in [1.165, 1.54) is 28.6 Å². The number of nitrogens with one attached hydrogen (secondary N) is 2. The molecule has 2 amide bonds. The number of anilines is 2. The van der Waals surface area contributed by atoms with Crippen LogP contribution in [0.2, 0.25) is 5.02 Å². The first-order valence-electron chi connectivity index (χ1n) is 10.3. The van der Waals surface area contributed by atoms with Gasteiger partial charge in [-0.1, -0.05) is 43.6 Å². The van der Waals surface area contributed by atoms with Crippen molar-refractivity contribution in [2.24, 2.45) is 0 Å². The van der Waals surface area contributed by atoms with Crippen LogP contribution in [0.4, 0.5) is 11.4 Å². The number of rotatable bonds is 8. The molecule has 0 atom stereocenters. The molecule has 0 bridgehead atoms. The number of sulfonamides is 1. The van der Waals surface area contributed by atoms with Crippen LogP contribution in [0.1, 0.15) is 34.6 Å². The van der Waals surface area contributed by atoms with Gasteiger partial charge in [0.25, 0.3) is 11.8 Å². The molecule has 0 aliphatic heterocycles. The molecule has 7 nitrogen and oxygen atoms in total. The lowest BCUT2D eigenvalue weighted by molar-refractivity contribution is 0.101. The summed E-state index contributed by atoms with van der Waals surface area (Å²) in [5, 5.41) is 6.03. The summed E-state index contributed by atoms with van der Waals surface area (Å²) in [6.07, 6.45) is 0. The predicted molar refractivity (Wildman–Crippen MR) is 130 cm³/mol.